The van der Waals surface area contributed by atoms with Crippen molar-refractivity contribution in [2.45, 2.75) is 44.4 Å². The zero-order valence-corrected chi connectivity index (χ0v) is 11.9. The largest absolute Gasteiger partial charge is 0.316 e. The number of aryl methyl sites for hydroxylation is 2. The molecule has 1 aromatic carbocycles. The van der Waals surface area contributed by atoms with E-state index in [9.17, 15) is 0 Å². The van der Waals surface area contributed by atoms with Crippen LogP contribution in [0.15, 0.2) is 18.2 Å². The van der Waals surface area contributed by atoms with Crippen LogP contribution in [0.3, 0.4) is 0 Å². The van der Waals surface area contributed by atoms with Crippen molar-refractivity contribution < 1.29 is 0 Å². The third-order valence-electron chi connectivity index (χ3n) is 3.52. The standard InChI is InChI=1S/C15H23NS/c1-11-7-12(2)9-13(8-11)10-14(16-3)15-5-4-6-17-15/h7-9,14-16H,4-6,10H2,1-3H3. The van der Waals surface area contributed by atoms with Gasteiger partial charge >= 0.3 is 0 Å². The highest BCUT2D eigenvalue weighted by molar-refractivity contribution is 8.00. The van der Waals surface area contributed by atoms with E-state index in [2.05, 4.69) is 56.2 Å². The first-order valence-corrected chi connectivity index (χ1v) is 7.60. The first-order valence-electron chi connectivity index (χ1n) is 6.55. The fourth-order valence-electron chi connectivity index (χ4n) is 2.78. The molecule has 2 atom stereocenters. The molecule has 2 unspecified atom stereocenters. The molecule has 1 aliphatic rings. The van der Waals surface area contributed by atoms with E-state index in [0.717, 1.165) is 11.7 Å². The lowest BCUT2D eigenvalue weighted by molar-refractivity contribution is 0.524. The summed E-state index contributed by atoms with van der Waals surface area (Å²) in [5.41, 5.74) is 4.25. The summed E-state index contributed by atoms with van der Waals surface area (Å²) in [7, 11) is 2.10. The Kier molecular flexibility index (Phi) is 4.52. The normalized spacial score (nSPS) is 21.7. The van der Waals surface area contributed by atoms with Crippen LogP contribution in [0.5, 0.6) is 0 Å². The van der Waals surface area contributed by atoms with E-state index < -0.39 is 0 Å². The Hall–Kier alpha value is -0.470. The van der Waals surface area contributed by atoms with Crippen molar-refractivity contribution in [2.75, 3.05) is 12.8 Å². The van der Waals surface area contributed by atoms with Gasteiger partial charge in [-0.05, 0) is 51.5 Å². The van der Waals surface area contributed by atoms with Gasteiger partial charge in [0.1, 0.15) is 0 Å². The van der Waals surface area contributed by atoms with Gasteiger partial charge in [0.05, 0.1) is 0 Å². The summed E-state index contributed by atoms with van der Waals surface area (Å²) in [6, 6.07) is 7.54. The SMILES string of the molecule is CNC(Cc1cc(C)cc(C)c1)C1CCCS1. The lowest BCUT2D eigenvalue weighted by Crippen LogP contribution is -2.36. The Morgan fingerprint density at radius 2 is 2.00 bits per heavy atom. The molecule has 94 valence electrons. The van der Waals surface area contributed by atoms with Gasteiger partial charge in [-0.2, -0.15) is 11.8 Å². The quantitative estimate of drug-likeness (QED) is 0.878. The minimum absolute atomic E-state index is 0.628. The highest BCUT2D eigenvalue weighted by Crippen LogP contribution is 2.30. The maximum atomic E-state index is 3.51. The van der Waals surface area contributed by atoms with Crippen molar-refractivity contribution in [3.05, 3.63) is 34.9 Å². The third kappa shape index (κ3) is 3.49. The minimum atomic E-state index is 0.628. The van der Waals surface area contributed by atoms with E-state index in [0.29, 0.717) is 6.04 Å². The van der Waals surface area contributed by atoms with Crippen LogP contribution in [0.25, 0.3) is 0 Å². The molecule has 0 aromatic heterocycles. The summed E-state index contributed by atoms with van der Waals surface area (Å²) in [5, 5.41) is 4.32. The van der Waals surface area contributed by atoms with Gasteiger partial charge in [0.15, 0.2) is 0 Å². The van der Waals surface area contributed by atoms with Crippen LogP contribution in [-0.2, 0) is 6.42 Å². The molecule has 2 rings (SSSR count). The van der Waals surface area contributed by atoms with Crippen molar-refractivity contribution in [3.63, 3.8) is 0 Å². The highest BCUT2D eigenvalue weighted by Gasteiger charge is 2.24. The van der Waals surface area contributed by atoms with Gasteiger partial charge in [0.2, 0.25) is 0 Å². The fourth-order valence-corrected chi connectivity index (χ4v) is 4.21. The lowest BCUT2D eigenvalue weighted by Gasteiger charge is -2.22. The molecule has 1 fully saturated rings. The van der Waals surface area contributed by atoms with Gasteiger partial charge in [-0.3, -0.25) is 0 Å². The molecular weight excluding hydrogens is 226 g/mol. The Morgan fingerprint density at radius 3 is 2.53 bits per heavy atom. The van der Waals surface area contributed by atoms with Gasteiger partial charge in [-0.1, -0.05) is 29.3 Å². The van der Waals surface area contributed by atoms with Crippen LogP contribution in [0.1, 0.15) is 29.5 Å². The van der Waals surface area contributed by atoms with Crippen molar-refractivity contribution in [2.24, 2.45) is 0 Å². The van der Waals surface area contributed by atoms with E-state index >= 15 is 0 Å². The number of likely N-dealkylation sites (N-methyl/N-ethyl adjacent to an activating group) is 1. The Balaban J connectivity index is 2.06. The van der Waals surface area contributed by atoms with E-state index in [1.165, 1.54) is 35.3 Å². The molecule has 17 heavy (non-hydrogen) atoms. The number of thioether (sulfide) groups is 1. The summed E-state index contributed by atoms with van der Waals surface area (Å²) in [4.78, 5) is 0. The fraction of sp³-hybridized carbons (Fsp3) is 0.600. The first kappa shape index (κ1) is 13.0. The van der Waals surface area contributed by atoms with Crippen molar-refractivity contribution in [1.82, 2.24) is 5.32 Å². The topological polar surface area (TPSA) is 12.0 Å². The van der Waals surface area contributed by atoms with Crippen molar-refractivity contribution in [3.8, 4) is 0 Å². The zero-order chi connectivity index (χ0) is 12.3. The van der Waals surface area contributed by atoms with Crippen molar-refractivity contribution in [1.29, 1.82) is 0 Å². The molecular formula is C15H23NS. The number of hydrogen-bond acceptors (Lipinski definition) is 2. The van der Waals surface area contributed by atoms with Crippen molar-refractivity contribution >= 4 is 11.8 Å². The maximum Gasteiger partial charge on any atom is 0.0223 e. The molecule has 1 nitrogen and oxygen atoms in total. The van der Waals surface area contributed by atoms with Crippen LogP contribution in [0.2, 0.25) is 0 Å². The molecule has 0 aliphatic carbocycles. The molecule has 0 bridgehead atoms. The number of hydrogen-bond donors (Lipinski definition) is 1. The molecule has 1 aliphatic heterocycles. The van der Waals surface area contributed by atoms with Gasteiger partial charge in [0.25, 0.3) is 0 Å². The van der Waals surface area contributed by atoms with Crippen LogP contribution in [0.4, 0.5) is 0 Å². The summed E-state index contributed by atoms with van der Waals surface area (Å²) in [6.45, 7) is 4.38. The third-order valence-corrected chi connectivity index (χ3v) is 5.04. The van der Waals surface area contributed by atoms with Gasteiger partial charge < -0.3 is 5.32 Å². The lowest BCUT2D eigenvalue weighted by atomic mass is 9.98. The molecule has 1 saturated heterocycles. The summed E-state index contributed by atoms with van der Waals surface area (Å²) in [5.74, 6) is 1.34. The second kappa shape index (κ2) is 5.92. The number of rotatable bonds is 4. The highest BCUT2D eigenvalue weighted by atomic mass is 32.2. The molecule has 1 heterocycles. The predicted octanol–water partition coefficient (Wildman–Crippen LogP) is 3.33. The molecule has 1 N–H and O–H groups in total. The van der Waals surface area contributed by atoms with Gasteiger partial charge in [-0.15, -0.1) is 0 Å². The van der Waals surface area contributed by atoms with Crippen LogP contribution >= 0.6 is 11.8 Å². The predicted molar refractivity (Wildman–Crippen MR) is 77.9 cm³/mol. The summed E-state index contributed by atoms with van der Waals surface area (Å²) >= 11 is 2.14. The second-order valence-corrected chi connectivity index (χ2v) is 6.49. The first-order chi connectivity index (χ1) is 8.19. The van der Waals surface area contributed by atoms with Crippen LogP contribution in [-0.4, -0.2) is 24.1 Å². The van der Waals surface area contributed by atoms with Crippen LogP contribution in [0, 0.1) is 13.8 Å². The molecule has 0 spiro atoms. The average Bonchev–Trinajstić information content (AvgIpc) is 2.77. The summed E-state index contributed by atoms with van der Waals surface area (Å²) < 4.78 is 0. The summed E-state index contributed by atoms with van der Waals surface area (Å²) in [6.07, 6.45) is 3.93. The Bertz CT molecular complexity index is 349. The van der Waals surface area contributed by atoms with E-state index in [1.807, 2.05) is 0 Å². The number of benzene rings is 1. The van der Waals surface area contributed by atoms with E-state index in [4.69, 9.17) is 0 Å². The smallest absolute Gasteiger partial charge is 0.0223 e. The van der Waals surface area contributed by atoms with E-state index in [1.54, 1.807) is 0 Å². The van der Waals surface area contributed by atoms with Crippen LogP contribution < -0.4 is 5.32 Å². The molecule has 2 heteroatoms. The monoisotopic (exact) mass is 249 g/mol. The minimum Gasteiger partial charge on any atom is -0.316 e. The number of nitrogens with one attached hydrogen (secondary N) is 1. The Labute approximate surface area is 109 Å². The second-order valence-electron chi connectivity index (χ2n) is 5.15. The van der Waals surface area contributed by atoms with Gasteiger partial charge in [-0.25, -0.2) is 0 Å². The molecule has 1 aromatic rings. The molecule has 0 amide bonds. The molecule has 0 saturated carbocycles. The molecule has 0 radical (unpaired) electrons. The average molecular weight is 249 g/mol. The van der Waals surface area contributed by atoms with Gasteiger partial charge in [0, 0.05) is 11.3 Å². The van der Waals surface area contributed by atoms with E-state index in [-0.39, 0.29) is 0 Å². The maximum absolute atomic E-state index is 3.51. The zero-order valence-electron chi connectivity index (χ0n) is 11.1. The Morgan fingerprint density at radius 1 is 1.29 bits per heavy atom.